The number of unbranched alkanes of at least 4 members (excludes halogenated alkanes) is 12. The highest BCUT2D eigenvalue weighted by Crippen LogP contribution is 2.19. The maximum atomic E-state index is 14.2. The maximum absolute atomic E-state index is 14.2. The summed E-state index contributed by atoms with van der Waals surface area (Å²) >= 11 is 0. The Hall–Kier alpha value is -5.30. The van der Waals surface area contributed by atoms with Gasteiger partial charge in [-0.05, 0) is 75.5 Å². The molecule has 0 spiro atoms. The quantitative estimate of drug-likeness (QED) is 0.0352. The van der Waals surface area contributed by atoms with E-state index in [-0.39, 0.29) is 62.2 Å². The molecule has 7 amide bonds. The highest BCUT2D eigenvalue weighted by molar-refractivity contribution is 5.98. The highest BCUT2D eigenvalue weighted by Gasteiger charge is 2.36. The van der Waals surface area contributed by atoms with Crippen LogP contribution < -0.4 is 37.2 Å². The smallest absolute Gasteiger partial charge is 0.328 e. The van der Waals surface area contributed by atoms with Crippen LogP contribution in [-0.4, -0.2) is 118 Å². The number of carbonyl (C=O) groups excluding carboxylic acids is 8. The molecule has 1 saturated heterocycles. The maximum Gasteiger partial charge on any atom is 0.328 e. The van der Waals surface area contributed by atoms with Crippen LogP contribution in [0.5, 0.6) is 0 Å². The first kappa shape index (κ1) is 66.7. The molecule has 1 fully saturated rings. The van der Waals surface area contributed by atoms with Gasteiger partial charge >= 0.3 is 17.9 Å². The van der Waals surface area contributed by atoms with Crippen LogP contribution >= 0.6 is 0 Å². The van der Waals surface area contributed by atoms with Crippen molar-refractivity contribution in [3.05, 3.63) is 0 Å². The largest absolute Gasteiger partial charge is 0.481 e. The van der Waals surface area contributed by atoms with Crippen LogP contribution in [0.2, 0.25) is 0 Å². The van der Waals surface area contributed by atoms with Gasteiger partial charge < -0.3 is 52.2 Å². The lowest BCUT2D eigenvalue weighted by Crippen LogP contribution is -2.60. The van der Waals surface area contributed by atoms with Crippen LogP contribution in [0, 0.1) is 23.7 Å². The predicted octanol–water partition coefficient (Wildman–Crippen LogP) is 5.72. The van der Waals surface area contributed by atoms with Gasteiger partial charge in [0.1, 0.15) is 48.4 Å². The first-order valence-electron chi connectivity index (χ1n) is 27.6. The second-order valence-corrected chi connectivity index (χ2v) is 22.0. The molecule has 8 atom stereocenters. The molecule has 20 heteroatoms. The molecule has 9 N–H and O–H groups in total. The molecule has 74 heavy (non-hydrogen) atoms. The topological polar surface area (TPSA) is 305 Å². The van der Waals surface area contributed by atoms with Crippen molar-refractivity contribution < 1.29 is 62.9 Å². The summed E-state index contributed by atoms with van der Waals surface area (Å²) < 4.78 is 6.05. The summed E-state index contributed by atoms with van der Waals surface area (Å²) in [5, 5.41) is 37.5. The number of amides is 7. The second-order valence-electron chi connectivity index (χ2n) is 22.0. The van der Waals surface area contributed by atoms with E-state index in [2.05, 4.69) is 44.1 Å². The van der Waals surface area contributed by atoms with E-state index < -0.39 is 127 Å². The molecule has 20 nitrogen and oxygen atoms in total. The first-order valence-corrected chi connectivity index (χ1v) is 27.6. The zero-order chi connectivity index (χ0) is 55.9. The third-order valence-electron chi connectivity index (χ3n) is 12.7. The molecule has 0 bridgehead atoms. The molecule has 0 saturated carbocycles. The minimum absolute atomic E-state index is 0.0423. The molecule has 0 radical (unpaired) electrons. The van der Waals surface area contributed by atoms with E-state index in [9.17, 15) is 58.2 Å². The monoisotopic (exact) mass is 1050 g/mol. The molecule has 1 heterocycles. The van der Waals surface area contributed by atoms with Crippen LogP contribution in [0.4, 0.5) is 0 Å². The van der Waals surface area contributed by atoms with E-state index in [0.717, 1.165) is 32.1 Å². The number of ether oxygens (including phenoxy) is 1. The Bertz CT molecular complexity index is 1790. The summed E-state index contributed by atoms with van der Waals surface area (Å²) in [5.74, 6) is -10.2. The summed E-state index contributed by atoms with van der Waals surface area (Å²) in [6, 6.07) is -9.62. The number of rotatable bonds is 27. The number of carbonyl (C=O) groups is 10. The Morgan fingerprint density at radius 3 is 1.24 bits per heavy atom. The van der Waals surface area contributed by atoms with Gasteiger partial charge in [0.15, 0.2) is 0 Å². The standard InChI is InChI=1S/C54H95N7O13/c1-11-12-13-14-15-16-17-18-19-20-21-22-23-24-38-31-45(62)56-39(25-26-46(63)64)49(68)58-41(28-34(4)5)51(70)59-40(27-33(2)3)50(69)55-37(10)48(67)57-43(32-47(65)66)53(72)60-42(29-35(6)7)52(71)61-44(30-36(8)9)54(73)74-38/h33-44H,11-32H2,1-10H3,(H,55,69)(H,56,62)(H,57,67)(H,58,68)(H,59,70)(H,60,72)(H,61,71)(H,63,64)(H,65,66)/t37-,38?,39-,40-,41?,42-,43?,44?/m0/s1. The minimum atomic E-state index is -1.71. The van der Waals surface area contributed by atoms with Crippen LogP contribution in [0.25, 0.3) is 0 Å². The normalized spacial score (nSPS) is 23.7. The molecule has 1 aliphatic rings. The Morgan fingerprint density at radius 2 is 0.824 bits per heavy atom. The molecule has 0 aliphatic carbocycles. The van der Waals surface area contributed by atoms with Gasteiger partial charge in [-0.1, -0.05) is 139 Å². The SMILES string of the molecule is CCCCCCCCCCCCCCCC1CC(=O)N[C@@H](CCC(=O)O)C(=O)NC(CC(C)C)C(=O)N[C@@H](CC(C)C)C(=O)N[C@@H](C)C(=O)NC(CC(=O)O)C(=O)N[C@@H](CC(C)C)C(=O)NC(CC(C)C)C(=O)O1. The molecule has 0 aromatic rings. The lowest BCUT2D eigenvalue weighted by molar-refractivity contribution is -0.155. The van der Waals surface area contributed by atoms with E-state index >= 15 is 0 Å². The van der Waals surface area contributed by atoms with Gasteiger partial charge in [-0.2, -0.15) is 0 Å². The van der Waals surface area contributed by atoms with E-state index in [0.29, 0.717) is 6.42 Å². The minimum Gasteiger partial charge on any atom is -0.481 e. The summed E-state index contributed by atoms with van der Waals surface area (Å²) in [6.45, 7) is 17.9. The number of hydrogen-bond acceptors (Lipinski definition) is 11. The van der Waals surface area contributed by atoms with Crippen molar-refractivity contribution in [1.82, 2.24) is 37.2 Å². The van der Waals surface area contributed by atoms with E-state index in [1.807, 2.05) is 13.8 Å². The van der Waals surface area contributed by atoms with Crippen LogP contribution in [0.15, 0.2) is 0 Å². The third kappa shape index (κ3) is 29.6. The number of carboxylic acids is 2. The van der Waals surface area contributed by atoms with Crippen molar-refractivity contribution in [3.63, 3.8) is 0 Å². The summed E-state index contributed by atoms with van der Waals surface area (Å²) in [6.07, 6.45) is 11.5. The van der Waals surface area contributed by atoms with Crippen LogP contribution in [-0.2, 0) is 52.7 Å². The molecule has 0 aromatic heterocycles. The molecule has 424 valence electrons. The predicted molar refractivity (Wildman–Crippen MR) is 281 cm³/mol. The number of cyclic esters (lactones) is 1. The van der Waals surface area contributed by atoms with Gasteiger partial charge in [-0.15, -0.1) is 0 Å². The summed E-state index contributed by atoms with van der Waals surface area (Å²) in [7, 11) is 0. The fourth-order valence-corrected chi connectivity index (χ4v) is 8.78. The second kappa shape index (κ2) is 36.6. The van der Waals surface area contributed by atoms with Crippen molar-refractivity contribution in [2.45, 2.75) is 259 Å². The van der Waals surface area contributed by atoms with Crippen molar-refractivity contribution in [2.75, 3.05) is 0 Å². The zero-order valence-electron chi connectivity index (χ0n) is 46.4. The summed E-state index contributed by atoms with van der Waals surface area (Å²) in [5.41, 5.74) is 0. The van der Waals surface area contributed by atoms with Gasteiger partial charge in [-0.25, -0.2) is 4.79 Å². The van der Waals surface area contributed by atoms with Crippen molar-refractivity contribution >= 4 is 59.3 Å². The average Bonchev–Trinajstić information content (AvgIpc) is 3.29. The molecule has 0 aromatic carbocycles. The zero-order valence-corrected chi connectivity index (χ0v) is 46.4. The average molecular weight is 1050 g/mol. The van der Waals surface area contributed by atoms with Gasteiger partial charge in [0.05, 0.1) is 12.8 Å². The fraction of sp³-hybridized carbons (Fsp3) is 0.815. The summed E-state index contributed by atoms with van der Waals surface area (Å²) in [4.78, 5) is 135. The van der Waals surface area contributed by atoms with E-state index in [4.69, 9.17) is 4.74 Å². The molecule has 1 rings (SSSR count). The number of esters is 1. The van der Waals surface area contributed by atoms with Gasteiger partial charge in [0.25, 0.3) is 0 Å². The van der Waals surface area contributed by atoms with E-state index in [1.54, 1.807) is 41.5 Å². The van der Waals surface area contributed by atoms with Gasteiger partial charge in [0, 0.05) is 6.42 Å². The Morgan fingerprint density at radius 1 is 0.459 bits per heavy atom. The van der Waals surface area contributed by atoms with Crippen molar-refractivity contribution in [1.29, 1.82) is 0 Å². The molecule has 4 unspecified atom stereocenters. The molecular formula is C54H95N7O13. The van der Waals surface area contributed by atoms with Crippen molar-refractivity contribution in [3.8, 4) is 0 Å². The number of hydrogen-bond donors (Lipinski definition) is 9. The van der Waals surface area contributed by atoms with Gasteiger partial charge in [-0.3, -0.25) is 43.2 Å². The van der Waals surface area contributed by atoms with Gasteiger partial charge in [0.2, 0.25) is 41.4 Å². The Balaban J connectivity index is 3.77. The fourth-order valence-electron chi connectivity index (χ4n) is 8.78. The number of nitrogens with one attached hydrogen (secondary N) is 7. The third-order valence-corrected chi connectivity index (χ3v) is 12.7. The van der Waals surface area contributed by atoms with Crippen LogP contribution in [0.1, 0.15) is 210 Å². The highest BCUT2D eigenvalue weighted by atomic mass is 16.5. The molecular weight excluding hydrogens is 955 g/mol. The number of carboxylic acid groups (broad SMARTS) is 2. The van der Waals surface area contributed by atoms with Crippen molar-refractivity contribution in [2.24, 2.45) is 23.7 Å². The number of aliphatic carboxylic acids is 2. The van der Waals surface area contributed by atoms with Crippen LogP contribution in [0.3, 0.4) is 0 Å². The Kier molecular flexibility index (Phi) is 33.0. The Labute approximate surface area is 440 Å². The lowest BCUT2D eigenvalue weighted by atomic mass is 9.99. The lowest BCUT2D eigenvalue weighted by Gasteiger charge is -2.28. The van der Waals surface area contributed by atoms with E-state index in [1.165, 1.54) is 51.9 Å². The molecule has 1 aliphatic heterocycles. The first-order chi connectivity index (χ1) is 34.8.